The van der Waals surface area contributed by atoms with Crippen molar-refractivity contribution in [1.82, 2.24) is 14.9 Å². The number of nitrogens with zero attached hydrogens (tertiary/aromatic N) is 3. The van der Waals surface area contributed by atoms with Crippen LogP contribution >= 0.6 is 0 Å². The van der Waals surface area contributed by atoms with Crippen molar-refractivity contribution >= 4 is 5.91 Å². The Morgan fingerprint density at radius 3 is 2.79 bits per heavy atom. The zero-order valence-electron chi connectivity index (χ0n) is 10.4. The highest BCUT2D eigenvalue weighted by molar-refractivity contribution is 5.94. The second kappa shape index (κ2) is 6.36. The minimum Gasteiger partial charge on any atom is -0.352 e. The van der Waals surface area contributed by atoms with E-state index in [0.29, 0.717) is 17.7 Å². The van der Waals surface area contributed by atoms with E-state index in [-0.39, 0.29) is 5.91 Å². The Morgan fingerprint density at radius 1 is 1.37 bits per heavy atom. The number of benzene rings is 1. The normalized spacial score (nSPS) is 9.84. The highest BCUT2D eigenvalue weighted by Gasteiger charge is 2.04. The van der Waals surface area contributed by atoms with Crippen LogP contribution in [-0.2, 0) is 6.54 Å². The summed E-state index contributed by atoms with van der Waals surface area (Å²) in [5.41, 5.74) is 1.12. The van der Waals surface area contributed by atoms with Gasteiger partial charge in [-0.15, -0.1) is 0 Å². The molecule has 0 unspecified atom stereocenters. The quantitative estimate of drug-likeness (QED) is 0.823. The largest absolute Gasteiger partial charge is 0.352 e. The number of hydrogen-bond donors (Lipinski definition) is 1. The van der Waals surface area contributed by atoms with Gasteiger partial charge < -0.3 is 9.88 Å². The predicted molar refractivity (Wildman–Crippen MR) is 70.3 cm³/mol. The van der Waals surface area contributed by atoms with Crippen molar-refractivity contribution in [2.45, 2.75) is 13.0 Å². The second-order valence-corrected chi connectivity index (χ2v) is 4.10. The zero-order valence-corrected chi connectivity index (χ0v) is 10.4. The number of nitriles is 1. The van der Waals surface area contributed by atoms with Gasteiger partial charge in [0.15, 0.2) is 0 Å². The minimum atomic E-state index is -0.116. The van der Waals surface area contributed by atoms with Gasteiger partial charge in [-0.3, -0.25) is 4.79 Å². The molecule has 0 bridgehead atoms. The maximum atomic E-state index is 11.8. The fraction of sp³-hybridized carbons (Fsp3) is 0.214. The predicted octanol–water partition coefficient (Wildman–Crippen LogP) is 1.57. The smallest absolute Gasteiger partial charge is 0.251 e. The Bertz CT molecular complexity index is 566. The van der Waals surface area contributed by atoms with Crippen LogP contribution in [0, 0.1) is 11.3 Å². The Labute approximate surface area is 111 Å². The lowest BCUT2D eigenvalue weighted by Gasteiger charge is -2.05. The van der Waals surface area contributed by atoms with Crippen LogP contribution in [0.1, 0.15) is 22.3 Å². The highest BCUT2D eigenvalue weighted by atomic mass is 16.1. The molecule has 0 atom stereocenters. The molecule has 0 radical (unpaired) electrons. The Morgan fingerprint density at radius 2 is 2.16 bits per heavy atom. The van der Waals surface area contributed by atoms with Crippen LogP contribution in [-0.4, -0.2) is 22.0 Å². The number of rotatable bonds is 5. The molecule has 96 valence electrons. The van der Waals surface area contributed by atoms with E-state index in [1.807, 2.05) is 16.8 Å². The van der Waals surface area contributed by atoms with Gasteiger partial charge in [-0.25, -0.2) is 4.98 Å². The molecule has 0 saturated heterocycles. The van der Waals surface area contributed by atoms with E-state index in [9.17, 15) is 4.79 Å². The molecule has 5 heteroatoms. The molecule has 1 N–H and O–H groups in total. The van der Waals surface area contributed by atoms with Crippen LogP contribution in [0.15, 0.2) is 43.0 Å². The first-order chi connectivity index (χ1) is 9.29. The van der Waals surface area contributed by atoms with Crippen molar-refractivity contribution in [2.24, 2.45) is 0 Å². The number of hydrogen-bond acceptors (Lipinski definition) is 3. The average molecular weight is 254 g/mol. The van der Waals surface area contributed by atoms with E-state index in [4.69, 9.17) is 5.26 Å². The molecular formula is C14H14N4O. The fourth-order valence-electron chi connectivity index (χ4n) is 1.68. The van der Waals surface area contributed by atoms with E-state index in [2.05, 4.69) is 10.3 Å². The van der Waals surface area contributed by atoms with Crippen LogP contribution in [0.5, 0.6) is 0 Å². The van der Waals surface area contributed by atoms with Crippen molar-refractivity contribution in [3.05, 3.63) is 54.1 Å². The molecule has 0 aliphatic heterocycles. The maximum absolute atomic E-state index is 11.8. The molecule has 0 aliphatic carbocycles. The van der Waals surface area contributed by atoms with Gasteiger partial charge in [-0.2, -0.15) is 5.26 Å². The van der Waals surface area contributed by atoms with Crippen molar-refractivity contribution in [1.29, 1.82) is 5.26 Å². The van der Waals surface area contributed by atoms with Crippen molar-refractivity contribution < 1.29 is 4.79 Å². The molecule has 5 nitrogen and oxygen atoms in total. The summed E-state index contributed by atoms with van der Waals surface area (Å²) in [4.78, 5) is 15.7. The van der Waals surface area contributed by atoms with Gasteiger partial charge in [0.25, 0.3) is 5.91 Å². The van der Waals surface area contributed by atoms with Crippen molar-refractivity contribution in [2.75, 3.05) is 6.54 Å². The Hall–Kier alpha value is -2.61. The number of aryl methyl sites for hydroxylation is 1. The molecule has 19 heavy (non-hydrogen) atoms. The van der Waals surface area contributed by atoms with Gasteiger partial charge in [-0.05, 0) is 30.7 Å². The lowest BCUT2D eigenvalue weighted by atomic mass is 10.1. The van der Waals surface area contributed by atoms with Gasteiger partial charge in [0, 0.05) is 31.0 Å². The average Bonchev–Trinajstić information content (AvgIpc) is 2.96. The van der Waals surface area contributed by atoms with E-state index in [1.54, 1.807) is 36.8 Å². The zero-order chi connectivity index (χ0) is 13.5. The Balaban J connectivity index is 1.76. The van der Waals surface area contributed by atoms with Gasteiger partial charge >= 0.3 is 0 Å². The summed E-state index contributed by atoms with van der Waals surface area (Å²) in [5.74, 6) is -0.116. The molecule has 0 fully saturated rings. The lowest BCUT2D eigenvalue weighted by molar-refractivity contribution is 0.0952. The molecule has 2 aromatic rings. The first-order valence-electron chi connectivity index (χ1n) is 6.04. The number of carbonyl (C=O) groups is 1. The molecule has 2 rings (SSSR count). The third-order valence-electron chi connectivity index (χ3n) is 2.71. The monoisotopic (exact) mass is 254 g/mol. The molecule has 0 spiro atoms. The van der Waals surface area contributed by atoms with Crippen LogP contribution in [0.2, 0.25) is 0 Å². The number of amides is 1. The number of aromatic nitrogens is 2. The molecule has 1 amide bonds. The van der Waals surface area contributed by atoms with Gasteiger partial charge in [-0.1, -0.05) is 0 Å². The van der Waals surface area contributed by atoms with E-state index < -0.39 is 0 Å². The topological polar surface area (TPSA) is 70.7 Å². The van der Waals surface area contributed by atoms with Crippen molar-refractivity contribution in [3.63, 3.8) is 0 Å². The standard InChI is InChI=1S/C14H14N4O/c15-10-12-2-4-13(5-3-12)14(19)17-6-1-8-18-9-7-16-11-18/h2-5,7,9,11H,1,6,8H2,(H,17,19). The molecule has 0 saturated carbocycles. The summed E-state index contributed by atoms with van der Waals surface area (Å²) < 4.78 is 1.97. The number of carbonyl (C=O) groups excluding carboxylic acids is 1. The summed E-state index contributed by atoms with van der Waals surface area (Å²) >= 11 is 0. The third kappa shape index (κ3) is 3.68. The van der Waals surface area contributed by atoms with E-state index >= 15 is 0 Å². The van der Waals surface area contributed by atoms with Gasteiger partial charge in [0.05, 0.1) is 18.0 Å². The van der Waals surface area contributed by atoms with Gasteiger partial charge in [0.2, 0.25) is 0 Å². The first kappa shape index (κ1) is 12.8. The van der Waals surface area contributed by atoms with Crippen LogP contribution in [0.3, 0.4) is 0 Å². The lowest BCUT2D eigenvalue weighted by Crippen LogP contribution is -2.25. The molecule has 1 heterocycles. The molecule has 0 aliphatic rings. The van der Waals surface area contributed by atoms with E-state index in [1.165, 1.54) is 0 Å². The third-order valence-corrected chi connectivity index (χ3v) is 2.71. The summed E-state index contributed by atoms with van der Waals surface area (Å²) in [5, 5.41) is 11.5. The summed E-state index contributed by atoms with van der Waals surface area (Å²) in [6.07, 6.45) is 6.22. The minimum absolute atomic E-state index is 0.116. The van der Waals surface area contributed by atoms with Crippen molar-refractivity contribution in [3.8, 4) is 6.07 Å². The summed E-state index contributed by atoms with van der Waals surface area (Å²) in [6.45, 7) is 1.44. The summed E-state index contributed by atoms with van der Waals surface area (Å²) in [6, 6.07) is 8.61. The first-order valence-corrected chi connectivity index (χ1v) is 6.04. The molecular weight excluding hydrogens is 240 g/mol. The Kier molecular flexibility index (Phi) is 4.29. The fourth-order valence-corrected chi connectivity index (χ4v) is 1.68. The van der Waals surface area contributed by atoms with Crippen LogP contribution in [0.4, 0.5) is 0 Å². The summed E-state index contributed by atoms with van der Waals surface area (Å²) in [7, 11) is 0. The highest BCUT2D eigenvalue weighted by Crippen LogP contribution is 2.03. The number of imidazole rings is 1. The van der Waals surface area contributed by atoms with Gasteiger partial charge in [0.1, 0.15) is 0 Å². The van der Waals surface area contributed by atoms with E-state index in [0.717, 1.165) is 13.0 Å². The SMILES string of the molecule is N#Cc1ccc(C(=O)NCCCn2ccnc2)cc1. The maximum Gasteiger partial charge on any atom is 0.251 e. The molecule has 1 aromatic heterocycles. The van der Waals surface area contributed by atoms with Crippen LogP contribution in [0.25, 0.3) is 0 Å². The number of nitrogens with one attached hydrogen (secondary N) is 1. The second-order valence-electron chi connectivity index (χ2n) is 4.10. The van der Waals surface area contributed by atoms with Crippen LogP contribution < -0.4 is 5.32 Å². The molecule has 1 aromatic carbocycles.